The van der Waals surface area contributed by atoms with Crippen LogP contribution in [0.15, 0.2) is 42.6 Å². The number of fused-ring (bicyclic) bond motifs is 1. The quantitative estimate of drug-likeness (QED) is 0.525. The van der Waals surface area contributed by atoms with E-state index < -0.39 is 4.92 Å². The van der Waals surface area contributed by atoms with Crippen molar-refractivity contribution in [2.24, 2.45) is 0 Å². The maximum Gasteiger partial charge on any atom is 0.272 e. The fourth-order valence-electron chi connectivity index (χ4n) is 3.69. The number of aromatic nitrogens is 3. The summed E-state index contributed by atoms with van der Waals surface area (Å²) in [4.78, 5) is 25.3. The summed E-state index contributed by atoms with van der Waals surface area (Å²) in [7, 11) is 0. The summed E-state index contributed by atoms with van der Waals surface area (Å²) in [5.41, 5.74) is 1.78. The number of nitro benzene ring substituents is 1. The summed E-state index contributed by atoms with van der Waals surface area (Å²) in [5.74, 6) is 0.869. The molecule has 1 aliphatic heterocycles. The molecule has 2 aromatic heterocycles. The van der Waals surface area contributed by atoms with Crippen molar-refractivity contribution in [3.8, 4) is 0 Å². The van der Waals surface area contributed by atoms with E-state index in [0.29, 0.717) is 24.2 Å². The predicted octanol–water partition coefficient (Wildman–Crippen LogP) is 2.97. The number of nitro groups is 1. The Hall–Kier alpha value is -3.29. The average Bonchev–Trinajstić information content (AvgIpc) is 3.11. The van der Waals surface area contributed by atoms with Gasteiger partial charge in [0.15, 0.2) is 5.65 Å². The molecular formula is C19H19N5O3. The van der Waals surface area contributed by atoms with Gasteiger partial charge >= 0.3 is 0 Å². The van der Waals surface area contributed by atoms with E-state index in [1.165, 1.54) is 12.1 Å². The van der Waals surface area contributed by atoms with Crippen molar-refractivity contribution < 1.29 is 9.72 Å². The van der Waals surface area contributed by atoms with E-state index in [4.69, 9.17) is 0 Å². The molecule has 1 fully saturated rings. The van der Waals surface area contributed by atoms with Crippen molar-refractivity contribution in [3.05, 3.63) is 69.7 Å². The zero-order chi connectivity index (χ0) is 19.0. The van der Waals surface area contributed by atoms with Crippen LogP contribution in [0.25, 0.3) is 5.65 Å². The molecule has 0 bridgehead atoms. The molecule has 1 unspecified atom stereocenters. The number of piperidine rings is 1. The lowest BCUT2D eigenvalue weighted by Gasteiger charge is -2.32. The van der Waals surface area contributed by atoms with Crippen molar-refractivity contribution >= 4 is 17.2 Å². The van der Waals surface area contributed by atoms with Gasteiger partial charge in [0.1, 0.15) is 5.82 Å². The zero-order valence-corrected chi connectivity index (χ0v) is 14.9. The number of likely N-dealkylation sites (tertiary alicyclic amines) is 1. The second kappa shape index (κ2) is 6.79. The number of benzene rings is 1. The second-order valence-corrected chi connectivity index (χ2v) is 6.84. The molecule has 3 aromatic rings. The van der Waals surface area contributed by atoms with E-state index in [-0.39, 0.29) is 17.5 Å². The van der Waals surface area contributed by atoms with Gasteiger partial charge in [-0.2, -0.15) is 0 Å². The van der Waals surface area contributed by atoms with E-state index >= 15 is 0 Å². The highest BCUT2D eigenvalue weighted by Crippen LogP contribution is 2.28. The highest BCUT2D eigenvalue weighted by molar-refractivity contribution is 5.94. The minimum absolute atomic E-state index is 0.0259. The molecule has 1 saturated heterocycles. The molecule has 1 aliphatic rings. The molecule has 0 saturated carbocycles. The number of rotatable bonds is 3. The predicted molar refractivity (Wildman–Crippen MR) is 98.7 cm³/mol. The molecule has 1 amide bonds. The van der Waals surface area contributed by atoms with Crippen molar-refractivity contribution in [2.75, 3.05) is 13.1 Å². The molecule has 0 N–H and O–H groups in total. The summed E-state index contributed by atoms with van der Waals surface area (Å²) >= 11 is 0. The van der Waals surface area contributed by atoms with E-state index in [1.54, 1.807) is 17.9 Å². The minimum Gasteiger partial charge on any atom is -0.338 e. The van der Waals surface area contributed by atoms with Crippen LogP contribution in [0.5, 0.6) is 0 Å². The molecule has 8 nitrogen and oxygen atoms in total. The van der Waals surface area contributed by atoms with Crippen LogP contribution in [-0.4, -0.2) is 43.4 Å². The lowest BCUT2D eigenvalue weighted by Crippen LogP contribution is -2.39. The van der Waals surface area contributed by atoms with Gasteiger partial charge in [0.05, 0.1) is 4.92 Å². The van der Waals surface area contributed by atoms with E-state index in [1.807, 2.05) is 28.8 Å². The SMILES string of the molecule is Cc1cc(C(=O)N2CCCC(c3nnc4ccccn34)C2)ccc1[N+](=O)[O-]. The third-order valence-corrected chi connectivity index (χ3v) is 5.05. The first-order valence-corrected chi connectivity index (χ1v) is 8.88. The molecule has 0 radical (unpaired) electrons. The summed E-state index contributed by atoms with van der Waals surface area (Å²) in [5, 5.41) is 19.5. The molecule has 0 spiro atoms. The smallest absolute Gasteiger partial charge is 0.272 e. The fraction of sp³-hybridized carbons (Fsp3) is 0.316. The highest BCUT2D eigenvalue weighted by Gasteiger charge is 2.29. The molecule has 3 heterocycles. The molecule has 1 aromatic carbocycles. The van der Waals surface area contributed by atoms with Gasteiger partial charge < -0.3 is 4.90 Å². The van der Waals surface area contributed by atoms with E-state index in [2.05, 4.69) is 10.2 Å². The Morgan fingerprint density at radius 1 is 1.26 bits per heavy atom. The van der Waals surface area contributed by atoms with Gasteiger partial charge in [-0.15, -0.1) is 10.2 Å². The molecule has 8 heteroatoms. The second-order valence-electron chi connectivity index (χ2n) is 6.84. The molecule has 0 aliphatic carbocycles. The summed E-state index contributed by atoms with van der Waals surface area (Å²) in [6.45, 7) is 2.88. The number of carbonyl (C=O) groups excluding carboxylic acids is 1. The third kappa shape index (κ3) is 3.14. The standard InChI is InChI=1S/C19H19N5O3/c1-13-11-14(7-8-16(13)24(26)27)19(25)22-9-4-5-15(12-22)18-21-20-17-6-2-3-10-23(17)18/h2-3,6-8,10-11,15H,4-5,9,12H2,1H3. The zero-order valence-electron chi connectivity index (χ0n) is 14.9. The maximum atomic E-state index is 12.9. The molecular weight excluding hydrogens is 346 g/mol. The van der Waals surface area contributed by atoms with Gasteiger partial charge in [-0.1, -0.05) is 6.07 Å². The van der Waals surface area contributed by atoms with Crippen LogP contribution in [0, 0.1) is 17.0 Å². The average molecular weight is 365 g/mol. The first kappa shape index (κ1) is 17.1. The summed E-state index contributed by atoms with van der Waals surface area (Å²) < 4.78 is 1.97. The van der Waals surface area contributed by atoms with E-state index in [9.17, 15) is 14.9 Å². The normalized spacial score (nSPS) is 17.2. The van der Waals surface area contributed by atoms with Crippen molar-refractivity contribution in [1.82, 2.24) is 19.5 Å². The van der Waals surface area contributed by atoms with Crippen LogP contribution in [0.4, 0.5) is 5.69 Å². The van der Waals surface area contributed by atoms with Crippen LogP contribution in [0.1, 0.15) is 40.5 Å². The van der Waals surface area contributed by atoms with Crippen LogP contribution in [0.3, 0.4) is 0 Å². The lowest BCUT2D eigenvalue weighted by molar-refractivity contribution is -0.385. The monoisotopic (exact) mass is 365 g/mol. The number of hydrogen-bond acceptors (Lipinski definition) is 5. The Bertz CT molecular complexity index is 1030. The molecule has 1 atom stereocenters. The fourth-order valence-corrected chi connectivity index (χ4v) is 3.69. The summed E-state index contributed by atoms with van der Waals surface area (Å²) in [6.07, 6.45) is 3.76. The Morgan fingerprint density at radius 3 is 2.89 bits per heavy atom. The maximum absolute atomic E-state index is 12.9. The number of amides is 1. The van der Waals surface area contributed by atoms with Gasteiger partial charge in [-0.05, 0) is 44.0 Å². The van der Waals surface area contributed by atoms with Gasteiger partial charge in [-0.3, -0.25) is 19.3 Å². The Balaban J connectivity index is 1.57. The van der Waals surface area contributed by atoms with Gasteiger partial charge in [0.2, 0.25) is 0 Å². The van der Waals surface area contributed by atoms with Crippen molar-refractivity contribution in [3.63, 3.8) is 0 Å². The van der Waals surface area contributed by atoms with Crippen LogP contribution in [-0.2, 0) is 0 Å². The van der Waals surface area contributed by atoms with E-state index in [0.717, 1.165) is 24.3 Å². The van der Waals surface area contributed by atoms with Crippen LogP contribution >= 0.6 is 0 Å². The summed E-state index contributed by atoms with van der Waals surface area (Å²) in [6, 6.07) is 10.3. The minimum atomic E-state index is -0.434. The number of hydrogen-bond donors (Lipinski definition) is 0. The van der Waals surface area contributed by atoms with Gasteiger partial charge in [-0.25, -0.2) is 0 Å². The highest BCUT2D eigenvalue weighted by atomic mass is 16.6. The molecule has 27 heavy (non-hydrogen) atoms. The van der Waals surface area contributed by atoms with Crippen molar-refractivity contribution in [1.29, 1.82) is 0 Å². The Morgan fingerprint density at radius 2 is 2.11 bits per heavy atom. The Labute approximate surface area is 155 Å². The number of nitrogens with zero attached hydrogens (tertiary/aromatic N) is 5. The lowest BCUT2D eigenvalue weighted by atomic mass is 9.96. The van der Waals surface area contributed by atoms with Gasteiger partial charge in [0, 0.05) is 42.4 Å². The molecule has 138 valence electrons. The first-order chi connectivity index (χ1) is 13.0. The van der Waals surface area contributed by atoms with Crippen LogP contribution in [0.2, 0.25) is 0 Å². The van der Waals surface area contributed by atoms with Crippen molar-refractivity contribution in [2.45, 2.75) is 25.7 Å². The first-order valence-electron chi connectivity index (χ1n) is 8.88. The Kier molecular flexibility index (Phi) is 4.31. The van der Waals surface area contributed by atoms with Crippen LogP contribution < -0.4 is 0 Å². The van der Waals surface area contributed by atoms with Gasteiger partial charge in [0.25, 0.3) is 11.6 Å². The number of aryl methyl sites for hydroxylation is 1. The largest absolute Gasteiger partial charge is 0.338 e. The number of carbonyl (C=O) groups is 1. The molecule has 4 rings (SSSR count). The third-order valence-electron chi connectivity index (χ3n) is 5.05. The topological polar surface area (TPSA) is 93.6 Å². The number of pyridine rings is 1.